The summed E-state index contributed by atoms with van der Waals surface area (Å²) in [4.78, 5) is 37.1. The van der Waals surface area contributed by atoms with E-state index in [0.717, 1.165) is 0 Å². The van der Waals surface area contributed by atoms with Gasteiger partial charge in [0.15, 0.2) is 0 Å². The molecule has 0 bridgehead atoms. The monoisotopic (exact) mass is 339 g/mol. The third-order valence-electron chi connectivity index (χ3n) is 3.28. The zero-order chi connectivity index (χ0) is 15.1. The van der Waals surface area contributed by atoms with Crippen LogP contribution in [-0.2, 0) is 9.59 Å². The smallest absolute Gasteiger partial charge is 0.255 e. The Morgan fingerprint density at radius 3 is 2.65 bits per heavy atom. The van der Waals surface area contributed by atoms with E-state index in [1.807, 2.05) is 0 Å². The van der Waals surface area contributed by atoms with E-state index in [1.54, 1.807) is 32.0 Å². The first kappa shape index (κ1) is 14.5. The molecule has 1 saturated heterocycles. The summed E-state index contributed by atoms with van der Waals surface area (Å²) in [6.45, 7) is 3.04. The fraction of sp³-hybridized carbons (Fsp3) is 0.308. The number of nitrogens with zero attached hydrogens (tertiary/aromatic N) is 1. The Morgan fingerprint density at radius 1 is 1.40 bits per heavy atom. The van der Waals surface area contributed by atoms with Crippen molar-refractivity contribution < 1.29 is 14.4 Å². The summed E-state index contributed by atoms with van der Waals surface area (Å²) in [7, 11) is 0. The summed E-state index contributed by atoms with van der Waals surface area (Å²) in [6, 6.07) is 4.73. The molecule has 3 N–H and O–H groups in total. The first-order valence-electron chi connectivity index (χ1n) is 5.95. The van der Waals surface area contributed by atoms with Crippen molar-refractivity contribution in [2.75, 3.05) is 12.3 Å². The SMILES string of the molecule is CC1(C)C(=O)NC(=O)CN1C(=O)c1ccc(N)c(Br)c1. The van der Waals surface area contributed by atoms with E-state index < -0.39 is 17.4 Å². The molecule has 1 aliphatic heterocycles. The number of carbonyl (C=O) groups excluding carboxylic acids is 3. The van der Waals surface area contributed by atoms with Gasteiger partial charge in [0.05, 0.1) is 0 Å². The summed E-state index contributed by atoms with van der Waals surface area (Å²) in [5.41, 5.74) is 5.46. The van der Waals surface area contributed by atoms with Gasteiger partial charge in [-0.2, -0.15) is 0 Å². The number of anilines is 1. The van der Waals surface area contributed by atoms with Crippen molar-refractivity contribution in [1.82, 2.24) is 10.2 Å². The number of carbonyl (C=O) groups is 3. The normalized spacial score (nSPS) is 17.9. The predicted octanol–water partition coefficient (Wildman–Crippen LogP) is 0.908. The van der Waals surface area contributed by atoms with Gasteiger partial charge in [0.25, 0.3) is 11.8 Å². The number of hydrogen-bond acceptors (Lipinski definition) is 4. The molecule has 20 heavy (non-hydrogen) atoms. The Morgan fingerprint density at radius 2 is 2.05 bits per heavy atom. The van der Waals surface area contributed by atoms with Crippen molar-refractivity contribution in [2.45, 2.75) is 19.4 Å². The molecule has 1 aromatic rings. The lowest BCUT2D eigenvalue weighted by Gasteiger charge is -2.40. The van der Waals surface area contributed by atoms with E-state index in [9.17, 15) is 14.4 Å². The van der Waals surface area contributed by atoms with Gasteiger partial charge in [-0.25, -0.2) is 0 Å². The van der Waals surface area contributed by atoms with Crippen LogP contribution in [-0.4, -0.2) is 34.7 Å². The standard InChI is InChI=1S/C13H14BrN3O3/c1-13(2)12(20)16-10(18)6-17(13)11(19)7-3-4-9(15)8(14)5-7/h3-5H,6,15H2,1-2H3,(H,16,18,20). The minimum atomic E-state index is -1.08. The lowest BCUT2D eigenvalue weighted by molar-refractivity contribution is -0.143. The van der Waals surface area contributed by atoms with Gasteiger partial charge >= 0.3 is 0 Å². The second-order valence-electron chi connectivity index (χ2n) is 5.06. The van der Waals surface area contributed by atoms with Crippen molar-refractivity contribution >= 4 is 39.3 Å². The van der Waals surface area contributed by atoms with Crippen LogP contribution >= 0.6 is 15.9 Å². The van der Waals surface area contributed by atoms with Crippen LogP contribution in [0.1, 0.15) is 24.2 Å². The molecule has 0 aromatic heterocycles. The molecule has 0 aliphatic carbocycles. The number of nitrogens with two attached hydrogens (primary N) is 1. The number of hydrogen-bond donors (Lipinski definition) is 2. The van der Waals surface area contributed by atoms with Crippen LogP contribution in [0.3, 0.4) is 0 Å². The van der Waals surface area contributed by atoms with Gasteiger partial charge in [-0.15, -0.1) is 0 Å². The zero-order valence-corrected chi connectivity index (χ0v) is 12.7. The topological polar surface area (TPSA) is 92.5 Å². The molecule has 106 valence electrons. The highest BCUT2D eigenvalue weighted by molar-refractivity contribution is 9.10. The van der Waals surface area contributed by atoms with Crippen molar-refractivity contribution in [2.24, 2.45) is 0 Å². The van der Waals surface area contributed by atoms with Crippen LogP contribution in [0, 0.1) is 0 Å². The van der Waals surface area contributed by atoms with Gasteiger partial charge in [0.1, 0.15) is 12.1 Å². The molecule has 0 atom stereocenters. The second kappa shape index (κ2) is 4.90. The van der Waals surface area contributed by atoms with Crippen molar-refractivity contribution in [3.8, 4) is 0 Å². The van der Waals surface area contributed by atoms with E-state index in [1.165, 1.54) is 4.90 Å². The third kappa shape index (κ3) is 2.40. The van der Waals surface area contributed by atoms with E-state index in [4.69, 9.17) is 5.73 Å². The van der Waals surface area contributed by atoms with Crippen LogP contribution in [0.4, 0.5) is 5.69 Å². The summed E-state index contributed by atoms with van der Waals surface area (Å²) in [6.07, 6.45) is 0. The average molecular weight is 340 g/mol. The minimum Gasteiger partial charge on any atom is -0.398 e. The number of nitrogen functional groups attached to an aromatic ring is 1. The quantitative estimate of drug-likeness (QED) is 0.587. The van der Waals surface area contributed by atoms with Crippen LogP contribution < -0.4 is 11.1 Å². The Balaban J connectivity index is 2.38. The maximum absolute atomic E-state index is 12.5. The van der Waals surface area contributed by atoms with Crippen molar-refractivity contribution in [3.63, 3.8) is 0 Å². The Kier molecular flexibility index (Phi) is 3.56. The lowest BCUT2D eigenvalue weighted by atomic mass is 9.97. The molecule has 6 nitrogen and oxygen atoms in total. The fourth-order valence-electron chi connectivity index (χ4n) is 1.92. The number of amides is 3. The minimum absolute atomic E-state index is 0.153. The Bertz CT molecular complexity index is 613. The molecule has 0 radical (unpaired) electrons. The van der Waals surface area contributed by atoms with Crippen LogP contribution in [0.15, 0.2) is 22.7 Å². The number of benzene rings is 1. The number of imide groups is 1. The highest BCUT2D eigenvalue weighted by atomic mass is 79.9. The molecule has 0 saturated carbocycles. The maximum atomic E-state index is 12.5. The van der Waals surface area contributed by atoms with Crippen LogP contribution in [0.2, 0.25) is 0 Å². The highest BCUT2D eigenvalue weighted by Crippen LogP contribution is 2.25. The van der Waals surface area contributed by atoms with Gasteiger partial charge in [-0.3, -0.25) is 19.7 Å². The molecule has 7 heteroatoms. The number of piperazine rings is 1. The molecule has 1 fully saturated rings. The first-order valence-corrected chi connectivity index (χ1v) is 6.74. The summed E-state index contributed by atoms with van der Waals surface area (Å²) in [5.74, 6) is -1.37. The third-order valence-corrected chi connectivity index (χ3v) is 3.96. The molecule has 0 unspecified atom stereocenters. The largest absolute Gasteiger partial charge is 0.398 e. The molecule has 1 aliphatic rings. The Hall–Kier alpha value is -1.89. The van der Waals surface area contributed by atoms with Gasteiger partial charge in [0.2, 0.25) is 5.91 Å². The number of halogens is 1. The van der Waals surface area contributed by atoms with E-state index >= 15 is 0 Å². The van der Waals surface area contributed by atoms with E-state index in [-0.39, 0.29) is 12.5 Å². The molecule has 1 heterocycles. The van der Waals surface area contributed by atoms with Crippen molar-refractivity contribution in [1.29, 1.82) is 0 Å². The summed E-state index contributed by atoms with van der Waals surface area (Å²) >= 11 is 3.25. The van der Waals surface area contributed by atoms with Crippen LogP contribution in [0.5, 0.6) is 0 Å². The number of rotatable bonds is 1. The summed E-state index contributed by atoms with van der Waals surface area (Å²) < 4.78 is 0.592. The maximum Gasteiger partial charge on any atom is 0.255 e. The Labute approximate surface area is 124 Å². The molecule has 2 rings (SSSR count). The first-order chi connectivity index (χ1) is 9.23. The second-order valence-corrected chi connectivity index (χ2v) is 5.92. The van der Waals surface area contributed by atoms with Crippen LogP contribution in [0.25, 0.3) is 0 Å². The molecule has 0 spiro atoms. The van der Waals surface area contributed by atoms with Gasteiger partial charge < -0.3 is 10.6 Å². The molecular formula is C13H14BrN3O3. The lowest BCUT2D eigenvalue weighted by Crippen LogP contribution is -2.65. The van der Waals surface area contributed by atoms with Gasteiger partial charge in [-0.1, -0.05) is 0 Å². The highest BCUT2D eigenvalue weighted by Gasteiger charge is 2.43. The summed E-state index contributed by atoms with van der Waals surface area (Å²) in [5, 5.41) is 2.23. The zero-order valence-electron chi connectivity index (χ0n) is 11.1. The molecular weight excluding hydrogens is 326 g/mol. The molecule has 3 amide bonds. The van der Waals surface area contributed by atoms with Crippen molar-refractivity contribution in [3.05, 3.63) is 28.2 Å². The van der Waals surface area contributed by atoms with Gasteiger partial charge in [0, 0.05) is 15.7 Å². The van der Waals surface area contributed by atoms with Gasteiger partial charge in [-0.05, 0) is 48.0 Å². The van der Waals surface area contributed by atoms with E-state index in [0.29, 0.717) is 15.7 Å². The predicted molar refractivity (Wildman–Crippen MR) is 76.8 cm³/mol. The number of nitrogens with one attached hydrogen (secondary N) is 1. The average Bonchev–Trinajstić information content (AvgIpc) is 2.36. The fourth-order valence-corrected chi connectivity index (χ4v) is 2.30. The van der Waals surface area contributed by atoms with E-state index in [2.05, 4.69) is 21.2 Å². The molecule has 1 aromatic carbocycles.